The second-order valence-electron chi connectivity index (χ2n) is 10.0. The molecule has 1 unspecified atom stereocenters. The number of halogens is 1. The van der Waals surface area contributed by atoms with Gasteiger partial charge in [-0.2, -0.15) is 0 Å². The van der Waals surface area contributed by atoms with E-state index in [0.717, 1.165) is 37.7 Å². The summed E-state index contributed by atoms with van der Waals surface area (Å²) in [7, 11) is 0. The fraction of sp³-hybridized carbons (Fsp3) is 0.419. The Bertz CT molecular complexity index is 1050. The molecule has 3 aromatic carbocycles. The highest BCUT2D eigenvalue weighted by Crippen LogP contribution is 2.38. The van der Waals surface area contributed by atoms with Gasteiger partial charge in [0, 0.05) is 31.2 Å². The van der Waals surface area contributed by atoms with Crippen LogP contribution >= 0.6 is 0 Å². The van der Waals surface area contributed by atoms with Crippen molar-refractivity contribution in [3.8, 4) is 5.75 Å². The van der Waals surface area contributed by atoms with Gasteiger partial charge in [-0.3, -0.25) is 0 Å². The Kier molecular flexibility index (Phi) is 7.99. The number of hydrogen-bond donors (Lipinski definition) is 0. The molecule has 0 spiro atoms. The molecule has 3 aromatic rings. The highest BCUT2D eigenvalue weighted by molar-refractivity contribution is 5.58. The number of anilines is 1. The second-order valence-corrected chi connectivity index (χ2v) is 10.0. The van der Waals surface area contributed by atoms with E-state index in [4.69, 9.17) is 4.74 Å². The Morgan fingerprint density at radius 2 is 1.51 bits per heavy atom. The zero-order chi connectivity index (χ0) is 23.9. The topological polar surface area (TPSA) is 15.7 Å². The highest BCUT2D eigenvalue weighted by Gasteiger charge is 2.25. The van der Waals surface area contributed by atoms with Crippen molar-refractivity contribution in [2.75, 3.05) is 44.2 Å². The molecule has 0 radical (unpaired) electrons. The summed E-state index contributed by atoms with van der Waals surface area (Å²) in [5.41, 5.74) is 4.34. The largest absolute Gasteiger partial charge is 0.494 e. The molecule has 35 heavy (non-hydrogen) atoms. The number of fused-ring (bicyclic) bond motifs is 1. The minimum absolute atomic E-state index is 0.218. The zero-order valence-corrected chi connectivity index (χ0v) is 20.6. The molecule has 0 saturated carbocycles. The lowest BCUT2D eigenvalue weighted by Crippen LogP contribution is -2.40. The Morgan fingerprint density at radius 1 is 0.771 bits per heavy atom. The van der Waals surface area contributed by atoms with Crippen molar-refractivity contribution in [3.05, 3.63) is 95.8 Å². The molecule has 0 amide bonds. The fourth-order valence-corrected chi connectivity index (χ4v) is 5.73. The van der Waals surface area contributed by atoms with Gasteiger partial charge >= 0.3 is 0 Å². The molecule has 0 N–H and O–H groups in total. The molecule has 2 heterocycles. The summed E-state index contributed by atoms with van der Waals surface area (Å²) in [5.74, 6) is 1.75. The van der Waals surface area contributed by atoms with Crippen LogP contribution in [0.1, 0.15) is 49.1 Å². The Labute approximate surface area is 209 Å². The fourth-order valence-electron chi connectivity index (χ4n) is 5.73. The first kappa shape index (κ1) is 23.9. The lowest BCUT2D eigenvalue weighted by molar-refractivity contribution is 0.166. The van der Waals surface area contributed by atoms with Crippen LogP contribution in [0.3, 0.4) is 0 Å². The maximum atomic E-state index is 13.0. The number of hydrogen-bond acceptors (Lipinski definition) is 3. The van der Waals surface area contributed by atoms with Gasteiger partial charge in [-0.1, -0.05) is 48.5 Å². The first-order valence-corrected chi connectivity index (χ1v) is 13.3. The van der Waals surface area contributed by atoms with Crippen molar-refractivity contribution in [2.45, 2.75) is 38.0 Å². The van der Waals surface area contributed by atoms with E-state index in [-0.39, 0.29) is 5.82 Å². The van der Waals surface area contributed by atoms with Gasteiger partial charge in [-0.05, 0) is 92.6 Å². The highest BCUT2D eigenvalue weighted by atomic mass is 19.1. The van der Waals surface area contributed by atoms with Gasteiger partial charge in [-0.15, -0.1) is 0 Å². The minimum atomic E-state index is -0.218. The lowest BCUT2D eigenvalue weighted by Gasteiger charge is -2.34. The van der Waals surface area contributed by atoms with Crippen molar-refractivity contribution in [1.29, 1.82) is 0 Å². The van der Waals surface area contributed by atoms with Crippen LogP contribution in [0, 0.1) is 11.7 Å². The maximum Gasteiger partial charge on any atom is 0.123 e. The Hall–Kier alpha value is -2.85. The van der Waals surface area contributed by atoms with Gasteiger partial charge < -0.3 is 14.5 Å². The summed E-state index contributed by atoms with van der Waals surface area (Å²) in [6.07, 6.45) is 5.98. The van der Waals surface area contributed by atoms with E-state index >= 15 is 0 Å². The number of rotatable bonds is 8. The summed E-state index contributed by atoms with van der Waals surface area (Å²) >= 11 is 0. The summed E-state index contributed by atoms with van der Waals surface area (Å²) < 4.78 is 18.9. The van der Waals surface area contributed by atoms with Crippen molar-refractivity contribution in [3.63, 3.8) is 0 Å². The van der Waals surface area contributed by atoms with E-state index in [1.807, 2.05) is 0 Å². The average Bonchev–Trinajstić information content (AvgIpc) is 3.09. The SMILES string of the molecule is Fc1ccc(OCCC2CCN(CCN3CCCC(c4ccccc4)c4ccccc43)CC2)cc1. The molecule has 4 heteroatoms. The average molecular weight is 473 g/mol. The minimum Gasteiger partial charge on any atom is -0.494 e. The van der Waals surface area contributed by atoms with E-state index in [1.54, 1.807) is 12.1 Å². The van der Waals surface area contributed by atoms with Crippen LogP contribution in [0.25, 0.3) is 0 Å². The van der Waals surface area contributed by atoms with Gasteiger partial charge in [0.25, 0.3) is 0 Å². The third-order valence-electron chi connectivity index (χ3n) is 7.78. The number of nitrogens with zero attached hydrogens (tertiary/aromatic N) is 2. The predicted octanol–water partition coefficient (Wildman–Crippen LogP) is 6.74. The van der Waals surface area contributed by atoms with Gasteiger partial charge in [0.05, 0.1) is 6.61 Å². The van der Waals surface area contributed by atoms with Crippen molar-refractivity contribution in [2.24, 2.45) is 5.92 Å². The molecular formula is C31H37FN2O. The van der Waals surface area contributed by atoms with Crippen LogP contribution in [0.15, 0.2) is 78.9 Å². The molecule has 184 valence electrons. The monoisotopic (exact) mass is 472 g/mol. The van der Waals surface area contributed by atoms with Crippen molar-refractivity contribution >= 4 is 5.69 Å². The molecule has 0 aromatic heterocycles. The van der Waals surface area contributed by atoms with Gasteiger partial charge in [0.2, 0.25) is 0 Å². The van der Waals surface area contributed by atoms with Crippen LogP contribution in [-0.2, 0) is 0 Å². The van der Waals surface area contributed by atoms with Crippen LogP contribution in [0.4, 0.5) is 10.1 Å². The third-order valence-corrected chi connectivity index (χ3v) is 7.78. The third kappa shape index (κ3) is 6.24. The molecule has 1 saturated heterocycles. The number of para-hydroxylation sites is 1. The molecule has 1 atom stereocenters. The molecule has 0 aliphatic carbocycles. The van der Waals surface area contributed by atoms with E-state index in [0.29, 0.717) is 12.5 Å². The van der Waals surface area contributed by atoms with E-state index in [9.17, 15) is 4.39 Å². The molecule has 5 rings (SSSR count). The molecule has 2 aliphatic heterocycles. The van der Waals surface area contributed by atoms with Crippen LogP contribution < -0.4 is 9.64 Å². The van der Waals surface area contributed by atoms with Gasteiger partial charge in [0.15, 0.2) is 0 Å². The smallest absolute Gasteiger partial charge is 0.123 e. The quantitative estimate of drug-likeness (QED) is 0.361. The number of benzene rings is 3. The maximum absolute atomic E-state index is 13.0. The molecule has 0 bridgehead atoms. The molecule has 2 aliphatic rings. The first-order chi connectivity index (χ1) is 17.3. The van der Waals surface area contributed by atoms with E-state index < -0.39 is 0 Å². The number of ether oxygens (including phenoxy) is 1. The summed E-state index contributed by atoms with van der Waals surface area (Å²) in [6, 6.07) is 26.4. The predicted molar refractivity (Wildman–Crippen MR) is 142 cm³/mol. The lowest BCUT2D eigenvalue weighted by atomic mass is 9.87. The molecular weight excluding hydrogens is 435 g/mol. The van der Waals surface area contributed by atoms with Gasteiger partial charge in [0.1, 0.15) is 11.6 Å². The van der Waals surface area contributed by atoms with Crippen LogP contribution in [-0.4, -0.2) is 44.2 Å². The normalized spacial score (nSPS) is 19.2. The number of piperidine rings is 1. The molecule has 1 fully saturated rings. The van der Waals surface area contributed by atoms with Crippen molar-refractivity contribution < 1.29 is 9.13 Å². The van der Waals surface area contributed by atoms with Crippen LogP contribution in [0.5, 0.6) is 5.75 Å². The van der Waals surface area contributed by atoms with Gasteiger partial charge in [-0.25, -0.2) is 4.39 Å². The molecule has 3 nitrogen and oxygen atoms in total. The number of likely N-dealkylation sites (tertiary alicyclic amines) is 1. The van der Waals surface area contributed by atoms with Crippen molar-refractivity contribution in [1.82, 2.24) is 4.90 Å². The second kappa shape index (κ2) is 11.7. The summed E-state index contributed by atoms with van der Waals surface area (Å²) in [4.78, 5) is 5.26. The Balaban J connectivity index is 1.11. The summed E-state index contributed by atoms with van der Waals surface area (Å²) in [6.45, 7) is 6.41. The van der Waals surface area contributed by atoms with E-state index in [2.05, 4.69) is 64.4 Å². The standard InChI is InChI=1S/C31H37FN2O/c32-27-12-14-28(15-13-27)35-24-18-25-16-20-33(21-17-25)22-23-34-19-6-10-29(26-7-2-1-3-8-26)30-9-4-5-11-31(30)34/h1-5,7-9,11-15,25,29H,6,10,16-24H2. The first-order valence-electron chi connectivity index (χ1n) is 13.3. The zero-order valence-electron chi connectivity index (χ0n) is 20.6. The Morgan fingerprint density at radius 3 is 2.31 bits per heavy atom. The van der Waals surface area contributed by atoms with E-state index in [1.165, 1.54) is 67.7 Å². The van der Waals surface area contributed by atoms with Crippen LogP contribution in [0.2, 0.25) is 0 Å². The summed E-state index contributed by atoms with van der Waals surface area (Å²) in [5, 5.41) is 0.